The second-order valence-electron chi connectivity index (χ2n) is 3.67. The molecule has 0 aliphatic rings. The standard InChI is InChI=1S/C13H17FO3/c1-4-17-12(15)8-6-10-5-7-11(16-3)13(14)9(10)2/h5,7H,4,6,8H2,1-3H3. The van der Waals surface area contributed by atoms with E-state index >= 15 is 0 Å². The van der Waals surface area contributed by atoms with Crippen molar-refractivity contribution >= 4 is 5.97 Å². The molecule has 0 heterocycles. The van der Waals surface area contributed by atoms with Gasteiger partial charge in [0.25, 0.3) is 0 Å². The van der Waals surface area contributed by atoms with Crippen molar-refractivity contribution in [1.29, 1.82) is 0 Å². The highest BCUT2D eigenvalue weighted by Crippen LogP contribution is 2.23. The van der Waals surface area contributed by atoms with Gasteiger partial charge in [0.15, 0.2) is 11.6 Å². The summed E-state index contributed by atoms with van der Waals surface area (Å²) in [5, 5.41) is 0. The van der Waals surface area contributed by atoms with Crippen LogP contribution in [0.4, 0.5) is 4.39 Å². The molecule has 0 radical (unpaired) electrons. The van der Waals surface area contributed by atoms with Crippen molar-refractivity contribution in [1.82, 2.24) is 0 Å². The first-order valence-electron chi connectivity index (χ1n) is 5.57. The van der Waals surface area contributed by atoms with E-state index in [4.69, 9.17) is 9.47 Å². The molecular formula is C13H17FO3. The zero-order chi connectivity index (χ0) is 12.8. The smallest absolute Gasteiger partial charge is 0.306 e. The van der Waals surface area contributed by atoms with Gasteiger partial charge < -0.3 is 9.47 Å². The first kappa shape index (κ1) is 13.5. The van der Waals surface area contributed by atoms with Gasteiger partial charge in [0.1, 0.15) is 0 Å². The number of methoxy groups -OCH3 is 1. The van der Waals surface area contributed by atoms with E-state index in [2.05, 4.69) is 0 Å². The third kappa shape index (κ3) is 3.44. The molecule has 0 aliphatic carbocycles. The number of ether oxygens (including phenoxy) is 2. The predicted molar refractivity (Wildman–Crippen MR) is 62.6 cm³/mol. The van der Waals surface area contributed by atoms with Crippen LogP contribution < -0.4 is 4.74 Å². The maximum absolute atomic E-state index is 13.7. The number of benzene rings is 1. The van der Waals surface area contributed by atoms with Gasteiger partial charge in [0, 0.05) is 6.42 Å². The highest BCUT2D eigenvalue weighted by Gasteiger charge is 2.11. The number of halogens is 1. The van der Waals surface area contributed by atoms with E-state index in [9.17, 15) is 9.18 Å². The third-order valence-corrected chi connectivity index (χ3v) is 2.59. The van der Waals surface area contributed by atoms with Crippen LogP contribution in [-0.2, 0) is 16.0 Å². The number of esters is 1. The van der Waals surface area contributed by atoms with E-state index in [1.54, 1.807) is 26.0 Å². The Balaban J connectivity index is 2.73. The summed E-state index contributed by atoms with van der Waals surface area (Å²) >= 11 is 0. The van der Waals surface area contributed by atoms with Crippen LogP contribution in [0.25, 0.3) is 0 Å². The summed E-state index contributed by atoms with van der Waals surface area (Å²) in [4.78, 5) is 11.2. The topological polar surface area (TPSA) is 35.5 Å². The molecular weight excluding hydrogens is 223 g/mol. The van der Waals surface area contributed by atoms with Crippen molar-refractivity contribution in [2.24, 2.45) is 0 Å². The van der Waals surface area contributed by atoms with Crippen LogP contribution in [0, 0.1) is 12.7 Å². The van der Waals surface area contributed by atoms with Crippen LogP contribution >= 0.6 is 0 Å². The molecule has 0 aromatic heterocycles. The number of hydrogen-bond acceptors (Lipinski definition) is 3. The van der Waals surface area contributed by atoms with Crippen molar-refractivity contribution in [3.63, 3.8) is 0 Å². The van der Waals surface area contributed by atoms with E-state index in [0.717, 1.165) is 5.56 Å². The van der Waals surface area contributed by atoms with Crippen molar-refractivity contribution in [2.75, 3.05) is 13.7 Å². The zero-order valence-electron chi connectivity index (χ0n) is 10.4. The first-order chi connectivity index (χ1) is 8.10. The van der Waals surface area contributed by atoms with Gasteiger partial charge in [-0.3, -0.25) is 4.79 Å². The number of carbonyl (C=O) groups excluding carboxylic acids is 1. The average Bonchev–Trinajstić information content (AvgIpc) is 2.31. The molecule has 0 spiro atoms. The van der Waals surface area contributed by atoms with Crippen LogP contribution in [0.15, 0.2) is 12.1 Å². The summed E-state index contributed by atoms with van der Waals surface area (Å²) < 4.78 is 23.4. The Morgan fingerprint density at radius 2 is 2.12 bits per heavy atom. The number of rotatable bonds is 5. The van der Waals surface area contributed by atoms with E-state index in [0.29, 0.717) is 18.6 Å². The summed E-state index contributed by atoms with van der Waals surface area (Å²) in [5.41, 5.74) is 1.32. The molecule has 0 amide bonds. The highest BCUT2D eigenvalue weighted by molar-refractivity contribution is 5.69. The quantitative estimate of drug-likeness (QED) is 0.742. The fraction of sp³-hybridized carbons (Fsp3) is 0.462. The number of hydrogen-bond donors (Lipinski definition) is 0. The maximum atomic E-state index is 13.7. The summed E-state index contributed by atoms with van der Waals surface area (Å²) in [7, 11) is 1.43. The SMILES string of the molecule is CCOC(=O)CCc1ccc(OC)c(F)c1C. The van der Waals surface area contributed by atoms with E-state index in [1.807, 2.05) is 0 Å². The monoisotopic (exact) mass is 240 g/mol. The lowest BCUT2D eigenvalue weighted by atomic mass is 10.0. The van der Waals surface area contributed by atoms with Crippen molar-refractivity contribution in [3.05, 3.63) is 29.1 Å². The Morgan fingerprint density at radius 3 is 2.71 bits per heavy atom. The molecule has 17 heavy (non-hydrogen) atoms. The molecule has 0 N–H and O–H groups in total. The molecule has 0 saturated carbocycles. The van der Waals surface area contributed by atoms with Crippen LogP contribution in [0.1, 0.15) is 24.5 Å². The van der Waals surface area contributed by atoms with Crippen molar-refractivity contribution in [2.45, 2.75) is 26.7 Å². The second-order valence-corrected chi connectivity index (χ2v) is 3.67. The molecule has 3 nitrogen and oxygen atoms in total. The summed E-state index contributed by atoms with van der Waals surface area (Å²) in [5.74, 6) is -0.403. The van der Waals surface area contributed by atoms with Gasteiger partial charge in [0.2, 0.25) is 0 Å². The Kier molecular flexibility index (Phi) is 4.94. The van der Waals surface area contributed by atoms with Gasteiger partial charge in [-0.2, -0.15) is 0 Å². The zero-order valence-corrected chi connectivity index (χ0v) is 10.4. The molecule has 1 aromatic rings. The second kappa shape index (κ2) is 6.23. The molecule has 94 valence electrons. The maximum Gasteiger partial charge on any atom is 0.306 e. The van der Waals surface area contributed by atoms with Gasteiger partial charge >= 0.3 is 5.97 Å². The normalized spacial score (nSPS) is 10.1. The molecule has 0 atom stereocenters. The Bertz CT molecular complexity index is 402. The fourth-order valence-corrected chi connectivity index (χ4v) is 1.60. The highest BCUT2D eigenvalue weighted by atomic mass is 19.1. The molecule has 0 aliphatic heterocycles. The molecule has 0 saturated heterocycles. The van der Waals surface area contributed by atoms with Crippen LogP contribution in [-0.4, -0.2) is 19.7 Å². The fourth-order valence-electron chi connectivity index (χ4n) is 1.60. The summed E-state index contributed by atoms with van der Waals surface area (Å²) in [6.07, 6.45) is 0.742. The van der Waals surface area contributed by atoms with Gasteiger partial charge in [0.05, 0.1) is 13.7 Å². The molecule has 4 heteroatoms. The molecule has 0 bridgehead atoms. The Labute approximate surface area is 101 Å². The number of carbonyl (C=O) groups is 1. The van der Waals surface area contributed by atoms with Crippen molar-refractivity contribution in [3.8, 4) is 5.75 Å². The van der Waals surface area contributed by atoms with Crippen LogP contribution in [0.3, 0.4) is 0 Å². The minimum atomic E-state index is -0.367. The minimum Gasteiger partial charge on any atom is -0.494 e. The van der Waals surface area contributed by atoms with Crippen LogP contribution in [0.5, 0.6) is 5.75 Å². The van der Waals surface area contributed by atoms with Gasteiger partial charge in [-0.1, -0.05) is 6.07 Å². The molecule has 0 unspecified atom stereocenters. The van der Waals surface area contributed by atoms with E-state index in [-0.39, 0.29) is 24.0 Å². The Hall–Kier alpha value is -1.58. The summed E-state index contributed by atoms with van der Waals surface area (Å²) in [6, 6.07) is 3.35. The lowest BCUT2D eigenvalue weighted by Gasteiger charge is -2.09. The van der Waals surface area contributed by atoms with E-state index in [1.165, 1.54) is 7.11 Å². The van der Waals surface area contributed by atoms with Gasteiger partial charge in [-0.15, -0.1) is 0 Å². The minimum absolute atomic E-state index is 0.224. The predicted octanol–water partition coefficient (Wildman–Crippen LogP) is 2.64. The molecule has 1 rings (SSSR count). The molecule has 1 aromatic carbocycles. The Morgan fingerprint density at radius 1 is 1.41 bits per heavy atom. The summed E-state index contributed by atoms with van der Waals surface area (Å²) in [6.45, 7) is 3.81. The lowest BCUT2D eigenvalue weighted by Crippen LogP contribution is -2.06. The van der Waals surface area contributed by atoms with Gasteiger partial charge in [-0.25, -0.2) is 4.39 Å². The first-order valence-corrected chi connectivity index (χ1v) is 5.57. The van der Waals surface area contributed by atoms with Crippen LogP contribution in [0.2, 0.25) is 0 Å². The molecule has 0 fully saturated rings. The van der Waals surface area contributed by atoms with E-state index < -0.39 is 0 Å². The number of aryl methyl sites for hydroxylation is 1. The largest absolute Gasteiger partial charge is 0.494 e. The average molecular weight is 240 g/mol. The third-order valence-electron chi connectivity index (χ3n) is 2.59. The lowest BCUT2D eigenvalue weighted by molar-refractivity contribution is -0.143. The van der Waals surface area contributed by atoms with Gasteiger partial charge in [-0.05, 0) is 37.5 Å². The van der Waals surface area contributed by atoms with Crippen molar-refractivity contribution < 1.29 is 18.7 Å².